The van der Waals surface area contributed by atoms with Gasteiger partial charge in [0.05, 0.1) is 0 Å². The maximum absolute atomic E-state index is 12.6. The predicted molar refractivity (Wildman–Crippen MR) is 104 cm³/mol. The highest BCUT2D eigenvalue weighted by molar-refractivity contribution is 9.10. The number of anilines is 2. The first-order valence-corrected chi connectivity index (χ1v) is 9.22. The zero-order valence-corrected chi connectivity index (χ0v) is 16.0. The lowest BCUT2D eigenvalue weighted by Crippen LogP contribution is -2.41. The van der Waals surface area contributed by atoms with Crippen LogP contribution in [0.5, 0.6) is 0 Å². The first-order chi connectivity index (χ1) is 12.0. The summed E-state index contributed by atoms with van der Waals surface area (Å²) in [5.41, 5.74) is 3.81. The van der Waals surface area contributed by atoms with Crippen LogP contribution in [0.1, 0.15) is 37.3 Å². The molecule has 3 rings (SSSR count). The topological polar surface area (TPSA) is 49.4 Å². The van der Waals surface area contributed by atoms with Gasteiger partial charge in [-0.25, -0.2) is 0 Å². The van der Waals surface area contributed by atoms with Crippen LogP contribution in [0.4, 0.5) is 11.4 Å². The highest BCUT2D eigenvalue weighted by atomic mass is 79.9. The van der Waals surface area contributed by atoms with E-state index in [0.29, 0.717) is 18.8 Å². The lowest BCUT2D eigenvalue weighted by molar-refractivity contribution is -0.121. The molecule has 2 amide bonds. The first kappa shape index (κ1) is 17.7. The number of aryl methyl sites for hydroxylation is 1. The molecule has 0 radical (unpaired) electrons. The third kappa shape index (κ3) is 3.93. The lowest BCUT2D eigenvalue weighted by atomic mass is 10.0. The number of para-hydroxylation sites is 1. The Morgan fingerprint density at radius 3 is 2.72 bits per heavy atom. The zero-order chi connectivity index (χ0) is 18.0. The number of carbonyl (C=O) groups is 2. The van der Waals surface area contributed by atoms with Crippen LogP contribution >= 0.6 is 15.9 Å². The molecule has 0 aromatic heterocycles. The molecule has 0 bridgehead atoms. The van der Waals surface area contributed by atoms with Crippen LogP contribution in [0.2, 0.25) is 0 Å². The van der Waals surface area contributed by atoms with Crippen molar-refractivity contribution >= 4 is 39.1 Å². The van der Waals surface area contributed by atoms with E-state index in [1.54, 1.807) is 4.90 Å². The van der Waals surface area contributed by atoms with Crippen molar-refractivity contribution < 1.29 is 9.59 Å². The Labute approximate surface area is 156 Å². The molecule has 0 fully saturated rings. The molecule has 0 saturated heterocycles. The van der Waals surface area contributed by atoms with Crippen molar-refractivity contribution in [3.05, 3.63) is 58.1 Å². The van der Waals surface area contributed by atoms with Crippen molar-refractivity contribution in [1.29, 1.82) is 0 Å². The van der Waals surface area contributed by atoms with Gasteiger partial charge in [-0.3, -0.25) is 9.59 Å². The molecule has 130 valence electrons. The van der Waals surface area contributed by atoms with E-state index in [0.717, 1.165) is 27.0 Å². The summed E-state index contributed by atoms with van der Waals surface area (Å²) in [7, 11) is 0. The second kappa shape index (κ2) is 7.40. The SMILES string of the molecule is CC(C)c1ccccc1NC(=O)CN1C(=O)CCc2cc(Br)ccc21. The van der Waals surface area contributed by atoms with Crippen LogP contribution in [0.15, 0.2) is 46.9 Å². The van der Waals surface area contributed by atoms with Crippen LogP contribution in [-0.4, -0.2) is 18.4 Å². The van der Waals surface area contributed by atoms with E-state index in [4.69, 9.17) is 0 Å². The molecule has 2 aromatic rings. The number of rotatable bonds is 4. The smallest absolute Gasteiger partial charge is 0.244 e. The summed E-state index contributed by atoms with van der Waals surface area (Å²) in [6, 6.07) is 13.6. The van der Waals surface area contributed by atoms with Crippen molar-refractivity contribution in [3.63, 3.8) is 0 Å². The first-order valence-electron chi connectivity index (χ1n) is 8.43. The molecule has 1 aliphatic rings. The average molecular weight is 401 g/mol. The molecule has 0 aliphatic carbocycles. The summed E-state index contributed by atoms with van der Waals surface area (Å²) in [4.78, 5) is 26.5. The van der Waals surface area contributed by atoms with Crippen LogP contribution in [0, 0.1) is 0 Å². The predicted octanol–water partition coefficient (Wildman–Crippen LogP) is 4.49. The van der Waals surface area contributed by atoms with Gasteiger partial charge in [0.15, 0.2) is 0 Å². The number of fused-ring (bicyclic) bond motifs is 1. The highest BCUT2D eigenvalue weighted by Gasteiger charge is 2.26. The fourth-order valence-corrected chi connectivity index (χ4v) is 3.56. The quantitative estimate of drug-likeness (QED) is 0.821. The van der Waals surface area contributed by atoms with E-state index >= 15 is 0 Å². The van der Waals surface area contributed by atoms with Gasteiger partial charge in [0.2, 0.25) is 11.8 Å². The Bertz CT molecular complexity index is 817. The van der Waals surface area contributed by atoms with E-state index in [1.807, 2.05) is 42.5 Å². The highest BCUT2D eigenvalue weighted by Crippen LogP contribution is 2.30. The Morgan fingerprint density at radius 1 is 1.20 bits per heavy atom. The number of halogens is 1. The summed E-state index contributed by atoms with van der Waals surface area (Å²) in [6.07, 6.45) is 1.14. The molecule has 1 aliphatic heterocycles. The second-order valence-corrected chi connectivity index (χ2v) is 7.46. The number of carbonyl (C=O) groups excluding carboxylic acids is 2. The summed E-state index contributed by atoms with van der Waals surface area (Å²) < 4.78 is 0.982. The second-order valence-electron chi connectivity index (χ2n) is 6.54. The maximum Gasteiger partial charge on any atom is 0.244 e. The number of hydrogen-bond donors (Lipinski definition) is 1. The Hall–Kier alpha value is -2.14. The summed E-state index contributed by atoms with van der Waals surface area (Å²) in [6.45, 7) is 4.21. The van der Waals surface area contributed by atoms with E-state index < -0.39 is 0 Å². The van der Waals surface area contributed by atoms with Crippen LogP contribution in [0.3, 0.4) is 0 Å². The van der Waals surface area contributed by atoms with Gasteiger partial charge in [-0.2, -0.15) is 0 Å². The average Bonchev–Trinajstić information content (AvgIpc) is 2.57. The van der Waals surface area contributed by atoms with Crippen molar-refractivity contribution in [1.82, 2.24) is 0 Å². The van der Waals surface area contributed by atoms with Gasteiger partial charge in [0, 0.05) is 22.3 Å². The van der Waals surface area contributed by atoms with Crippen molar-refractivity contribution in [2.24, 2.45) is 0 Å². The van der Waals surface area contributed by atoms with E-state index in [2.05, 4.69) is 35.1 Å². The van der Waals surface area contributed by atoms with Gasteiger partial charge in [-0.15, -0.1) is 0 Å². The molecule has 25 heavy (non-hydrogen) atoms. The fraction of sp³-hybridized carbons (Fsp3) is 0.300. The molecule has 5 heteroatoms. The number of nitrogens with one attached hydrogen (secondary N) is 1. The molecule has 1 N–H and O–H groups in total. The van der Waals surface area contributed by atoms with Gasteiger partial charge in [-0.05, 0) is 47.7 Å². The van der Waals surface area contributed by atoms with Gasteiger partial charge < -0.3 is 10.2 Å². The number of benzene rings is 2. The standard InChI is InChI=1S/C20H21BrN2O2/c1-13(2)16-5-3-4-6-17(16)22-19(24)12-23-18-9-8-15(21)11-14(18)7-10-20(23)25/h3-6,8-9,11,13H,7,10,12H2,1-2H3,(H,22,24). The fourth-order valence-electron chi connectivity index (χ4n) is 3.15. The van der Waals surface area contributed by atoms with Crippen LogP contribution < -0.4 is 10.2 Å². The molecule has 0 unspecified atom stereocenters. The van der Waals surface area contributed by atoms with Gasteiger partial charge in [0.25, 0.3) is 0 Å². The van der Waals surface area contributed by atoms with E-state index in [9.17, 15) is 9.59 Å². The van der Waals surface area contributed by atoms with Crippen LogP contribution in [-0.2, 0) is 16.0 Å². The van der Waals surface area contributed by atoms with Gasteiger partial charge in [0.1, 0.15) is 6.54 Å². The minimum absolute atomic E-state index is 0.0119. The molecule has 0 saturated carbocycles. The third-order valence-electron chi connectivity index (χ3n) is 4.40. The number of hydrogen-bond acceptors (Lipinski definition) is 2. The van der Waals surface area contributed by atoms with E-state index in [-0.39, 0.29) is 18.4 Å². The van der Waals surface area contributed by atoms with Gasteiger partial charge in [-0.1, -0.05) is 48.0 Å². The maximum atomic E-state index is 12.6. The summed E-state index contributed by atoms with van der Waals surface area (Å²) in [5, 5.41) is 2.96. The summed E-state index contributed by atoms with van der Waals surface area (Å²) in [5.74, 6) is 0.116. The van der Waals surface area contributed by atoms with E-state index in [1.165, 1.54) is 0 Å². The molecule has 0 spiro atoms. The molecule has 4 nitrogen and oxygen atoms in total. The molecule has 2 aromatic carbocycles. The minimum Gasteiger partial charge on any atom is -0.324 e. The molecular formula is C20H21BrN2O2. The minimum atomic E-state index is -0.183. The third-order valence-corrected chi connectivity index (χ3v) is 4.89. The lowest BCUT2D eigenvalue weighted by Gasteiger charge is -2.29. The Kier molecular flexibility index (Phi) is 5.23. The largest absolute Gasteiger partial charge is 0.324 e. The van der Waals surface area contributed by atoms with Crippen molar-refractivity contribution in [3.8, 4) is 0 Å². The monoisotopic (exact) mass is 400 g/mol. The van der Waals surface area contributed by atoms with Gasteiger partial charge >= 0.3 is 0 Å². The zero-order valence-electron chi connectivity index (χ0n) is 14.4. The number of amides is 2. The van der Waals surface area contributed by atoms with Crippen molar-refractivity contribution in [2.45, 2.75) is 32.6 Å². The molecule has 0 atom stereocenters. The van der Waals surface area contributed by atoms with Crippen molar-refractivity contribution in [2.75, 3.05) is 16.8 Å². The summed E-state index contributed by atoms with van der Waals surface area (Å²) >= 11 is 3.46. The Balaban J connectivity index is 1.79. The van der Waals surface area contributed by atoms with Crippen LogP contribution in [0.25, 0.3) is 0 Å². The molecular weight excluding hydrogens is 380 g/mol. The number of nitrogens with zero attached hydrogens (tertiary/aromatic N) is 1. The normalized spacial score (nSPS) is 13.8. The Morgan fingerprint density at radius 2 is 1.96 bits per heavy atom. The molecule has 1 heterocycles.